The van der Waals surface area contributed by atoms with Gasteiger partial charge in [0.05, 0.1) is 10.8 Å². The maximum absolute atomic E-state index is 5.84. The van der Waals surface area contributed by atoms with E-state index < -0.39 is 0 Å². The van der Waals surface area contributed by atoms with E-state index in [4.69, 9.17) is 4.74 Å². The molecule has 0 aromatic heterocycles. The first-order valence-corrected chi connectivity index (χ1v) is 5.75. The van der Waals surface area contributed by atoms with E-state index in [-0.39, 0.29) is 0 Å². The van der Waals surface area contributed by atoms with Gasteiger partial charge in [0.25, 0.3) is 0 Å². The fourth-order valence-electron chi connectivity index (χ4n) is 2.04. The third-order valence-electron chi connectivity index (χ3n) is 2.83. The number of ether oxygens (including phenoxy) is 1. The number of isothiocyanates is 1. The van der Waals surface area contributed by atoms with Crippen LogP contribution in [0, 0.1) is 0 Å². The van der Waals surface area contributed by atoms with Gasteiger partial charge in [0, 0.05) is 12.0 Å². The highest BCUT2D eigenvalue weighted by Crippen LogP contribution is 2.40. The molecule has 0 bridgehead atoms. The zero-order valence-electron chi connectivity index (χ0n) is 9.01. The lowest BCUT2D eigenvalue weighted by Gasteiger charge is -2.20. The molecule has 0 spiro atoms. The number of fused-ring (bicyclic) bond motifs is 2. The van der Waals surface area contributed by atoms with Crippen molar-refractivity contribution >= 4 is 23.1 Å². The Morgan fingerprint density at radius 3 is 2.76 bits per heavy atom. The Kier molecular flexibility index (Phi) is 2.48. The van der Waals surface area contributed by atoms with Gasteiger partial charge in [-0.3, -0.25) is 0 Å². The first kappa shape index (κ1) is 10.2. The van der Waals surface area contributed by atoms with E-state index in [1.54, 1.807) is 0 Å². The van der Waals surface area contributed by atoms with Crippen LogP contribution in [-0.4, -0.2) is 5.16 Å². The maximum Gasteiger partial charge on any atom is 0.133 e. The molecule has 0 N–H and O–H groups in total. The zero-order valence-corrected chi connectivity index (χ0v) is 9.83. The Morgan fingerprint density at radius 1 is 1.06 bits per heavy atom. The molecule has 0 saturated heterocycles. The number of hydrogen-bond donors (Lipinski definition) is 0. The third kappa shape index (κ3) is 1.76. The lowest BCUT2D eigenvalue weighted by Crippen LogP contribution is -2.02. The molecule has 0 atom stereocenters. The molecule has 82 valence electrons. The number of hydrogen-bond acceptors (Lipinski definition) is 3. The van der Waals surface area contributed by atoms with Crippen LogP contribution in [0.3, 0.4) is 0 Å². The average molecular weight is 239 g/mol. The van der Waals surface area contributed by atoms with Gasteiger partial charge in [0.1, 0.15) is 11.5 Å². The van der Waals surface area contributed by atoms with E-state index in [1.165, 1.54) is 5.56 Å². The molecule has 2 aromatic carbocycles. The summed E-state index contributed by atoms with van der Waals surface area (Å²) in [4.78, 5) is 4.08. The van der Waals surface area contributed by atoms with Gasteiger partial charge in [0.2, 0.25) is 0 Å². The van der Waals surface area contributed by atoms with Crippen molar-refractivity contribution in [1.29, 1.82) is 0 Å². The van der Waals surface area contributed by atoms with Gasteiger partial charge in [-0.1, -0.05) is 24.3 Å². The summed E-state index contributed by atoms with van der Waals surface area (Å²) in [5.74, 6) is 1.78. The van der Waals surface area contributed by atoms with Crippen molar-refractivity contribution in [1.82, 2.24) is 0 Å². The van der Waals surface area contributed by atoms with Crippen molar-refractivity contribution in [3.63, 3.8) is 0 Å². The van der Waals surface area contributed by atoms with Crippen molar-refractivity contribution < 1.29 is 4.74 Å². The fourth-order valence-corrected chi connectivity index (χ4v) is 2.14. The summed E-state index contributed by atoms with van der Waals surface area (Å²) in [5, 5.41) is 2.41. The molecule has 1 aliphatic heterocycles. The molecule has 1 aliphatic rings. The molecule has 0 saturated carbocycles. The molecular weight excluding hydrogens is 230 g/mol. The lowest BCUT2D eigenvalue weighted by atomic mass is 9.99. The lowest BCUT2D eigenvalue weighted by molar-refractivity contribution is 0.460. The van der Waals surface area contributed by atoms with Crippen LogP contribution in [0.25, 0.3) is 0 Å². The van der Waals surface area contributed by atoms with Crippen LogP contribution in [0.5, 0.6) is 11.5 Å². The molecule has 1 heterocycles. The monoisotopic (exact) mass is 239 g/mol. The number of benzene rings is 2. The topological polar surface area (TPSA) is 21.6 Å². The molecule has 17 heavy (non-hydrogen) atoms. The number of nitrogens with zero attached hydrogens (tertiary/aromatic N) is 1. The molecule has 3 heteroatoms. The Labute approximate surface area is 105 Å². The summed E-state index contributed by atoms with van der Waals surface area (Å²) in [6, 6.07) is 13.8. The van der Waals surface area contributed by atoms with E-state index in [0.29, 0.717) is 0 Å². The molecule has 2 aromatic rings. The van der Waals surface area contributed by atoms with Crippen LogP contribution < -0.4 is 4.74 Å². The second-order valence-electron chi connectivity index (χ2n) is 3.84. The molecule has 0 unspecified atom stereocenters. The quantitative estimate of drug-likeness (QED) is 0.470. The molecule has 2 nitrogen and oxygen atoms in total. The second-order valence-corrected chi connectivity index (χ2v) is 4.03. The van der Waals surface area contributed by atoms with Crippen molar-refractivity contribution in [2.75, 3.05) is 0 Å². The summed E-state index contributed by atoms with van der Waals surface area (Å²) in [6.07, 6.45) is 0.822. The van der Waals surface area contributed by atoms with Gasteiger partial charge in [0.15, 0.2) is 0 Å². The third-order valence-corrected chi connectivity index (χ3v) is 2.93. The molecule has 0 radical (unpaired) electrons. The van der Waals surface area contributed by atoms with E-state index in [2.05, 4.69) is 28.4 Å². The highest BCUT2D eigenvalue weighted by molar-refractivity contribution is 7.78. The van der Waals surface area contributed by atoms with Crippen LogP contribution in [0.1, 0.15) is 11.1 Å². The van der Waals surface area contributed by atoms with Gasteiger partial charge >= 0.3 is 0 Å². The predicted octanol–water partition coefficient (Wildman–Crippen LogP) is 4.12. The van der Waals surface area contributed by atoms with Crippen molar-refractivity contribution in [3.8, 4) is 11.5 Å². The van der Waals surface area contributed by atoms with E-state index in [1.807, 2.05) is 36.4 Å². The Hall–Kier alpha value is -1.96. The smallest absolute Gasteiger partial charge is 0.133 e. The first-order chi connectivity index (χ1) is 8.38. The minimum Gasteiger partial charge on any atom is -0.457 e. The van der Waals surface area contributed by atoms with Gasteiger partial charge < -0.3 is 4.74 Å². The van der Waals surface area contributed by atoms with Crippen molar-refractivity contribution in [2.45, 2.75) is 6.42 Å². The van der Waals surface area contributed by atoms with Crippen LogP contribution >= 0.6 is 12.2 Å². The van der Waals surface area contributed by atoms with Crippen molar-refractivity contribution in [3.05, 3.63) is 53.6 Å². The minimum absolute atomic E-state index is 0.822. The van der Waals surface area contributed by atoms with Gasteiger partial charge in [-0.05, 0) is 36.0 Å². The highest BCUT2D eigenvalue weighted by atomic mass is 32.1. The highest BCUT2D eigenvalue weighted by Gasteiger charge is 2.18. The van der Waals surface area contributed by atoms with Crippen LogP contribution in [0.4, 0.5) is 5.69 Å². The number of aliphatic imine (C=N–C) groups is 1. The Bertz CT molecular complexity index is 630. The average Bonchev–Trinajstić information content (AvgIpc) is 2.37. The Morgan fingerprint density at radius 2 is 1.88 bits per heavy atom. The summed E-state index contributed by atoms with van der Waals surface area (Å²) >= 11 is 4.66. The predicted molar refractivity (Wildman–Crippen MR) is 70.5 cm³/mol. The summed E-state index contributed by atoms with van der Waals surface area (Å²) in [5.41, 5.74) is 3.09. The van der Waals surface area contributed by atoms with Crippen molar-refractivity contribution in [2.24, 2.45) is 4.99 Å². The normalized spacial score (nSPS) is 11.8. The zero-order chi connectivity index (χ0) is 11.7. The number of rotatable bonds is 1. The summed E-state index contributed by atoms with van der Waals surface area (Å²) < 4.78 is 5.84. The fraction of sp³-hybridized carbons (Fsp3) is 0.0714. The number of para-hydroxylation sites is 1. The molecular formula is C14H9NOS. The summed E-state index contributed by atoms with van der Waals surface area (Å²) in [6.45, 7) is 0. The second kappa shape index (κ2) is 4.13. The Balaban J connectivity index is 2.14. The molecule has 3 rings (SSSR count). The maximum atomic E-state index is 5.84. The molecule has 0 aliphatic carbocycles. The standard InChI is InChI=1S/C14H9NOS/c17-9-15-12-5-3-7-14-11(12)8-10-4-1-2-6-13(10)16-14/h1-7H,8H2. The van der Waals surface area contributed by atoms with E-state index in [9.17, 15) is 0 Å². The van der Waals surface area contributed by atoms with Gasteiger partial charge in [-0.15, -0.1) is 0 Å². The van der Waals surface area contributed by atoms with Crippen LogP contribution in [-0.2, 0) is 6.42 Å². The molecule has 0 fully saturated rings. The summed E-state index contributed by atoms with van der Waals surface area (Å²) in [7, 11) is 0. The van der Waals surface area contributed by atoms with E-state index in [0.717, 1.165) is 29.2 Å². The largest absolute Gasteiger partial charge is 0.457 e. The SMILES string of the molecule is S=C=Nc1cccc2c1Cc1ccccc1O2. The molecule has 0 amide bonds. The van der Waals surface area contributed by atoms with Gasteiger partial charge in [-0.25, -0.2) is 0 Å². The van der Waals surface area contributed by atoms with Gasteiger partial charge in [-0.2, -0.15) is 4.99 Å². The van der Waals surface area contributed by atoms with Crippen LogP contribution in [0.15, 0.2) is 47.5 Å². The number of thiocarbonyl (C=S) groups is 1. The minimum atomic E-state index is 0.822. The van der Waals surface area contributed by atoms with Crippen LogP contribution in [0.2, 0.25) is 0 Å². The first-order valence-electron chi connectivity index (χ1n) is 5.34. The van der Waals surface area contributed by atoms with E-state index >= 15 is 0 Å².